The van der Waals surface area contributed by atoms with E-state index in [-0.39, 0.29) is 0 Å². The molecule has 0 unspecified atom stereocenters. The minimum atomic E-state index is 0.489. The van der Waals surface area contributed by atoms with E-state index < -0.39 is 0 Å². The van der Waals surface area contributed by atoms with Gasteiger partial charge in [-0.25, -0.2) is 0 Å². The van der Waals surface area contributed by atoms with Crippen molar-refractivity contribution in [2.45, 2.75) is 9.92 Å². The lowest BCUT2D eigenvalue weighted by Crippen LogP contribution is -1.78. The molecule has 0 amide bonds. The Kier molecular flexibility index (Phi) is 3.20. The average Bonchev–Trinajstić information content (AvgIpc) is 2.81. The number of benzene rings is 2. The standard InChI is InChI=1S/C15H9ClN2S/c16-13-8-12(6-5-11(13)9-17)19-15-7-10-3-1-2-4-14(10)18-15/h1-8,18H. The number of halogens is 1. The van der Waals surface area contributed by atoms with Crippen molar-refractivity contribution >= 4 is 34.3 Å². The van der Waals surface area contributed by atoms with Gasteiger partial charge in [-0.2, -0.15) is 5.26 Å². The predicted molar refractivity (Wildman–Crippen MR) is 78.6 cm³/mol. The number of nitriles is 1. The molecule has 19 heavy (non-hydrogen) atoms. The summed E-state index contributed by atoms with van der Waals surface area (Å²) in [5.41, 5.74) is 1.62. The van der Waals surface area contributed by atoms with Crippen LogP contribution < -0.4 is 0 Å². The number of nitrogens with one attached hydrogen (secondary N) is 1. The topological polar surface area (TPSA) is 39.6 Å². The van der Waals surface area contributed by atoms with Crippen LogP contribution in [0.3, 0.4) is 0 Å². The van der Waals surface area contributed by atoms with Crippen LogP contribution in [0.2, 0.25) is 5.02 Å². The summed E-state index contributed by atoms with van der Waals surface area (Å²) in [6.45, 7) is 0. The summed E-state index contributed by atoms with van der Waals surface area (Å²) in [4.78, 5) is 4.36. The Morgan fingerprint density at radius 3 is 2.68 bits per heavy atom. The third-order valence-corrected chi connectivity index (χ3v) is 4.04. The molecule has 0 aliphatic heterocycles. The second kappa shape index (κ2) is 5.00. The van der Waals surface area contributed by atoms with E-state index in [0.717, 1.165) is 15.4 Å². The molecule has 0 radical (unpaired) electrons. The summed E-state index contributed by atoms with van der Waals surface area (Å²) < 4.78 is 0. The molecule has 0 spiro atoms. The van der Waals surface area contributed by atoms with E-state index in [1.807, 2.05) is 30.3 Å². The number of fused-ring (bicyclic) bond motifs is 1. The van der Waals surface area contributed by atoms with Gasteiger partial charge in [0.1, 0.15) is 6.07 Å². The van der Waals surface area contributed by atoms with E-state index >= 15 is 0 Å². The Hall–Kier alpha value is -1.89. The van der Waals surface area contributed by atoms with E-state index in [9.17, 15) is 0 Å². The first-order valence-electron chi connectivity index (χ1n) is 5.71. The fraction of sp³-hybridized carbons (Fsp3) is 0. The van der Waals surface area contributed by atoms with Crippen LogP contribution >= 0.6 is 23.4 Å². The lowest BCUT2D eigenvalue weighted by atomic mass is 10.2. The molecule has 0 saturated carbocycles. The molecule has 3 aromatic rings. The zero-order valence-corrected chi connectivity index (χ0v) is 11.4. The maximum Gasteiger partial charge on any atom is 0.101 e. The number of rotatable bonds is 2. The van der Waals surface area contributed by atoms with Crippen molar-refractivity contribution in [3.05, 3.63) is 59.1 Å². The van der Waals surface area contributed by atoms with Crippen LogP contribution in [0.25, 0.3) is 10.9 Å². The summed E-state index contributed by atoms with van der Waals surface area (Å²) in [6, 6.07) is 17.8. The molecule has 0 fully saturated rings. The largest absolute Gasteiger partial charge is 0.349 e. The van der Waals surface area contributed by atoms with Gasteiger partial charge in [0.05, 0.1) is 15.6 Å². The van der Waals surface area contributed by atoms with E-state index in [2.05, 4.69) is 23.2 Å². The lowest BCUT2D eigenvalue weighted by Gasteiger charge is -2.00. The molecule has 0 atom stereocenters. The summed E-state index contributed by atoms with van der Waals surface area (Å²) in [5.74, 6) is 0. The maximum absolute atomic E-state index is 8.85. The van der Waals surface area contributed by atoms with Gasteiger partial charge in [-0.15, -0.1) is 0 Å². The fourth-order valence-corrected chi connectivity index (χ4v) is 3.08. The highest BCUT2D eigenvalue weighted by Crippen LogP contribution is 2.32. The molecule has 1 N–H and O–H groups in total. The van der Waals surface area contributed by atoms with Crippen molar-refractivity contribution in [1.82, 2.24) is 4.98 Å². The number of H-pyrrole nitrogens is 1. The normalized spacial score (nSPS) is 10.5. The van der Waals surface area contributed by atoms with Gasteiger partial charge in [0.25, 0.3) is 0 Å². The molecule has 2 aromatic carbocycles. The SMILES string of the molecule is N#Cc1ccc(Sc2cc3ccccc3[nH]2)cc1Cl. The van der Waals surface area contributed by atoms with Gasteiger partial charge < -0.3 is 4.98 Å². The van der Waals surface area contributed by atoms with Gasteiger partial charge in [-0.05, 0) is 30.3 Å². The summed E-state index contributed by atoms with van der Waals surface area (Å²) in [5, 5.41) is 11.6. The Labute approximate surface area is 120 Å². The molecule has 0 aliphatic rings. The number of para-hydroxylation sites is 1. The van der Waals surface area contributed by atoms with Crippen molar-refractivity contribution in [2.24, 2.45) is 0 Å². The van der Waals surface area contributed by atoms with Crippen LogP contribution in [-0.4, -0.2) is 4.98 Å². The molecule has 0 saturated heterocycles. The lowest BCUT2D eigenvalue weighted by molar-refractivity contribution is 1.23. The summed E-state index contributed by atoms with van der Waals surface area (Å²) in [6.07, 6.45) is 0. The van der Waals surface area contributed by atoms with Crippen LogP contribution in [0.15, 0.2) is 58.5 Å². The average molecular weight is 285 g/mol. The monoisotopic (exact) mass is 284 g/mol. The Morgan fingerprint density at radius 1 is 1.11 bits per heavy atom. The van der Waals surface area contributed by atoms with E-state index in [4.69, 9.17) is 16.9 Å². The Balaban J connectivity index is 1.92. The number of nitrogens with zero attached hydrogens (tertiary/aromatic N) is 1. The molecule has 1 heterocycles. The first kappa shape index (κ1) is 12.2. The first-order valence-corrected chi connectivity index (χ1v) is 6.91. The quantitative estimate of drug-likeness (QED) is 0.731. The van der Waals surface area contributed by atoms with E-state index in [1.54, 1.807) is 17.8 Å². The molecule has 3 rings (SSSR count). The third kappa shape index (κ3) is 2.46. The fourth-order valence-electron chi connectivity index (χ4n) is 1.88. The molecule has 0 bridgehead atoms. The highest BCUT2D eigenvalue weighted by atomic mass is 35.5. The molecular formula is C15H9ClN2S. The number of hydrogen-bond acceptors (Lipinski definition) is 2. The van der Waals surface area contributed by atoms with E-state index in [1.165, 1.54) is 5.39 Å². The molecule has 92 valence electrons. The molecule has 4 heteroatoms. The smallest absolute Gasteiger partial charge is 0.101 e. The summed E-state index contributed by atoms with van der Waals surface area (Å²) >= 11 is 7.63. The van der Waals surface area contributed by atoms with Crippen LogP contribution in [-0.2, 0) is 0 Å². The van der Waals surface area contributed by atoms with Gasteiger partial charge in [0.15, 0.2) is 0 Å². The Morgan fingerprint density at radius 2 is 1.95 bits per heavy atom. The van der Waals surface area contributed by atoms with Gasteiger partial charge in [0, 0.05) is 15.8 Å². The molecule has 0 aliphatic carbocycles. The number of hydrogen-bond donors (Lipinski definition) is 1. The van der Waals surface area contributed by atoms with Crippen molar-refractivity contribution in [2.75, 3.05) is 0 Å². The zero-order chi connectivity index (χ0) is 13.2. The second-order valence-corrected chi connectivity index (χ2v) is 5.60. The van der Waals surface area contributed by atoms with Crippen LogP contribution in [0.4, 0.5) is 0 Å². The zero-order valence-electron chi connectivity index (χ0n) is 9.85. The van der Waals surface area contributed by atoms with Crippen molar-refractivity contribution in [3.8, 4) is 6.07 Å². The highest BCUT2D eigenvalue weighted by molar-refractivity contribution is 7.99. The highest BCUT2D eigenvalue weighted by Gasteiger charge is 2.05. The van der Waals surface area contributed by atoms with Crippen molar-refractivity contribution in [3.63, 3.8) is 0 Å². The van der Waals surface area contributed by atoms with Crippen molar-refractivity contribution < 1.29 is 0 Å². The van der Waals surface area contributed by atoms with Gasteiger partial charge in [-0.3, -0.25) is 0 Å². The van der Waals surface area contributed by atoms with Crippen LogP contribution in [0.5, 0.6) is 0 Å². The van der Waals surface area contributed by atoms with Gasteiger partial charge >= 0.3 is 0 Å². The van der Waals surface area contributed by atoms with Gasteiger partial charge in [0.2, 0.25) is 0 Å². The van der Waals surface area contributed by atoms with Crippen LogP contribution in [0.1, 0.15) is 5.56 Å². The second-order valence-electron chi connectivity index (χ2n) is 4.08. The minimum Gasteiger partial charge on any atom is -0.349 e. The Bertz CT molecular complexity index is 753. The van der Waals surface area contributed by atoms with Crippen molar-refractivity contribution in [1.29, 1.82) is 5.26 Å². The third-order valence-electron chi connectivity index (χ3n) is 2.79. The number of aromatic nitrogens is 1. The minimum absolute atomic E-state index is 0.489. The molecule has 1 aromatic heterocycles. The predicted octanol–water partition coefficient (Wildman–Crippen LogP) is 4.84. The molecule has 2 nitrogen and oxygen atoms in total. The van der Waals surface area contributed by atoms with E-state index in [0.29, 0.717) is 10.6 Å². The molecular weight excluding hydrogens is 276 g/mol. The van der Waals surface area contributed by atoms with Crippen LogP contribution in [0, 0.1) is 11.3 Å². The summed E-state index contributed by atoms with van der Waals surface area (Å²) in [7, 11) is 0. The van der Waals surface area contributed by atoms with Gasteiger partial charge in [-0.1, -0.05) is 41.6 Å². The maximum atomic E-state index is 8.85. The first-order chi connectivity index (χ1) is 9.26. The number of aromatic amines is 1.